The first-order valence-electron chi connectivity index (χ1n) is 6.07. The standard InChI is InChI=1S/C15H16FNO/c1-2-12-4-3-9-17-15(12)14(18)10-11-5-7-13(16)8-6-11/h3-9,14,18H,2,10H2,1H3. The quantitative estimate of drug-likeness (QED) is 0.898. The van der Waals surface area contributed by atoms with Crippen LogP contribution in [0.15, 0.2) is 42.6 Å². The molecule has 0 spiro atoms. The van der Waals surface area contributed by atoms with Crippen LogP contribution in [0.1, 0.15) is 29.8 Å². The summed E-state index contributed by atoms with van der Waals surface area (Å²) in [5.41, 5.74) is 2.66. The fraction of sp³-hybridized carbons (Fsp3) is 0.267. The number of aliphatic hydroxyl groups is 1. The van der Waals surface area contributed by atoms with Gasteiger partial charge in [-0.05, 0) is 35.7 Å². The van der Waals surface area contributed by atoms with Gasteiger partial charge in [0.1, 0.15) is 11.9 Å². The zero-order chi connectivity index (χ0) is 13.0. The van der Waals surface area contributed by atoms with E-state index in [0.29, 0.717) is 12.1 Å². The summed E-state index contributed by atoms with van der Waals surface area (Å²) in [5, 5.41) is 10.2. The molecule has 3 heteroatoms. The summed E-state index contributed by atoms with van der Waals surface area (Å²) in [4.78, 5) is 4.24. The Balaban J connectivity index is 2.16. The molecule has 1 aromatic carbocycles. The minimum atomic E-state index is -0.647. The summed E-state index contributed by atoms with van der Waals surface area (Å²) >= 11 is 0. The van der Waals surface area contributed by atoms with Gasteiger partial charge in [-0.1, -0.05) is 25.1 Å². The van der Waals surface area contributed by atoms with E-state index in [4.69, 9.17) is 0 Å². The van der Waals surface area contributed by atoms with E-state index in [0.717, 1.165) is 17.5 Å². The highest BCUT2D eigenvalue weighted by Crippen LogP contribution is 2.20. The summed E-state index contributed by atoms with van der Waals surface area (Å²) in [6, 6.07) is 10.0. The molecule has 0 aliphatic carbocycles. The number of hydrogen-bond donors (Lipinski definition) is 1. The van der Waals surface area contributed by atoms with Gasteiger partial charge in [0, 0.05) is 12.6 Å². The Hall–Kier alpha value is -1.74. The third kappa shape index (κ3) is 2.93. The highest BCUT2D eigenvalue weighted by atomic mass is 19.1. The Labute approximate surface area is 106 Å². The number of benzene rings is 1. The average molecular weight is 245 g/mol. The zero-order valence-corrected chi connectivity index (χ0v) is 10.3. The molecule has 1 aromatic heterocycles. The summed E-state index contributed by atoms with van der Waals surface area (Å²) in [5.74, 6) is -0.264. The molecule has 2 aromatic rings. The second kappa shape index (κ2) is 5.74. The van der Waals surface area contributed by atoms with Crippen LogP contribution in [0.4, 0.5) is 4.39 Å². The van der Waals surface area contributed by atoms with Gasteiger partial charge in [-0.3, -0.25) is 4.98 Å². The van der Waals surface area contributed by atoms with Crippen LogP contribution in [0.2, 0.25) is 0 Å². The maximum atomic E-state index is 12.8. The second-order valence-corrected chi connectivity index (χ2v) is 4.25. The van der Waals surface area contributed by atoms with E-state index in [9.17, 15) is 9.50 Å². The van der Waals surface area contributed by atoms with Gasteiger partial charge in [0.2, 0.25) is 0 Å². The lowest BCUT2D eigenvalue weighted by Crippen LogP contribution is -2.07. The molecule has 2 nitrogen and oxygen atoms in total. The number of hydrogen-bond acceptors (Lipinski definition) is 2. The number of nitrogens with zero attached hydrogens (tertiary/aromatic N) is 1. The maximum absolute atomic E-state index is 12.8. The average Bonchev–Trinajstić information content (AvgIpc) is 2.41. The molecule has 94 valence electrons. The predicted octanol–water partition coefficient (Wildman–Crippen LogP) is 3.06. The molecule has 0 saturated heterocycles. The van der Waals surface area contributed by atoms with E-state index in [1.807, 2.05) is 19.1 Å². The van der Waals surface area contributed by atoms with E-state index >= 15 is 0 Å². The first-order valence-corrected chi connectivity index (χ1v) is 6.07. The van der Waals surface area contributed by atoms with E-state index in [1.165, 1.54) is 12.1 Å². The predicted molar refractivity (Wildman–Crippen MR) is 68.7 cm³/mol. The van der Waals surface area contributed by atoms with Crippen molar-refractivity contribution in [3.8, 4) is 0 Å². The lowest BCUT2D eigenvalue weighted by molar-refractivity contribution is 0.172. The molecule has 0 fully saturated rings. The minimum Gasteiger partial charge on any atom is -0.386 e. The van der Waals surface area contributed by atoms with Crippen LogP contribution in [0.25, 0.3) is 0 Å². The van der Waals surface area contributed by atoms with Crippen molar-refractivity contribution >= 4 is 0 Å². The molecule has 1 heterocycles. The maximum Gasteiger partial charge on any atom is 0.123 e. The van der Waals surface area contributed by atoms with Crippen LogP contribution >= 0.6 is 0 Å². The number of rotatable bonds is 4. The molecule has 0 aliphatic rings. The van der Waals surface area contributed by atoms with Gasteiger partial charge in [-0.15, -0.1) is 0 Å². The number of pyridine rings is 1. The third-order valence-corrected chi connectivity index (χ3v) is 2.96. The summed E-state index contributed by atoms with van der Waals surface area (Å²) in [6.07, 6.45) is 2.32. The molecular formula is C15H16FNO. The number of aryl methyl sites for hydroxylation is 1. The van der Waals surface area contributed by atoms with Crippen LogP contribution in [-0.4, -0.2) is 10.1 Å². The van der Waals surface area contributed by atoms with Crippen molar-refractivity contribution in [2.24, 2.45) is 0 Å². The van der Waals surface area contributed by atoms with Crippen molar-refractivity contribution in [3.63, 3.8) is 0 Å². The topological polar surface area (TPSA) is 33.1 Å². The summed E-state index contributed by atoms with van der Waals surface area (Å²) in [6.45, 7) is 2.03. The molecule has 1 N–H and O–H groups in total. The van der Waals surface area contributed by atoms with Gasteiger partial charge in [0.05, 0.1) is 5.69 Å². The van der Waals surface area contributed by atoms with Crippen molar-refractivity contribution in [2.45, 2.75) is 25.9 Å². The Morgan fingerprint density at radius 2 is 1.94 bits per heavy atom. The molecule has 0 saturated carbocycles. The molecule has 1 unspecified atom stereocenters. The fourth-order valence-corrected chi connectivity index (χ4v) is 1.99. The van der Waals surface area contributed by atoms with Crippen LogP contribution in [-0.2, 0) is 12.8 Å². The van der Waals surface area contributed by atoms with E-state index in [2.05, 4.69) is 4.98 Å². The molecule has 0 bridgehead atoms. The third-order valence-electron chi connectivity index (χ3n) is 2.96. The number of halogens is 1. The molecule has 0 radical (unpaired) electrons. The molecule has 2 rings (SSSR count). The molecule has 18 heavy (non-hydrogen) atoms. The molecule has 1 atom stereocenters. The van der Waals surface area contributed by atoms with Gasteiger partial charge >= 0.3 is 0 Å². The first-order chi connectivity index (χ1) is 8.70. The molecular weight excluding hydrogens is 229 g/mol. The minimum absolute atomic E-state index is 0.264. The van der Waals surface area contributed by atoms with E-state index < -0.39 is 6.10 Å². The lowest BCUT2D eigenvalue weighted by atomic mass is 10.0. The van der Waals surface area contributed by atoms with Crippen molar-refractivity contribution in [1.82, 2.24) is 4.98 Å². The smallest absolute Gasteiger partial charge is 0.123 e. The Bertz CT molecular complexity index is 510. The van der Waals surface area contributed by atoms with Crippen molar-refractivity contribution in [2.75, 3.05) is 0 Å². The van der Waals surface area contributed by atoms with Crippen molar-refractivity contribution < 1.29 is 9.50 Å². The van der Waals surface area contributed by atoms with Gasteiger partial charge in [-0.2, -0.15) is 0 Å². The Morgan fingerprint density at radius 3 is 2.61 bits per heavy atom. The highest BCUT2D eigenvalue weighted by Gasteiger charge is 2.13. The fourth-order valence-electron chi connectivity index (χ4n) is 1.99. The van der Waals surface area contributed by atoms with Gasteiger partial charge in [-0.25, -0.2) is 4.39 Å². The molecule has 0 aliphatic heterocycles. The lowest BCUT2D eigenvalue weighted by Gasteiger charge is -2.13. The van der Waals surface area contributed by atoms with E-state index in [1.54, 1.807) is 18.3 Å². The van der Waals surface area contributed by atoms with Gasteiger partial charge in [0.25, 0.3) is 0 Å². The van der Waals surface area contributed by atoms with Crippen LogP contribution in [0, 0.1) is 5.82 Å². The first kappa shape index (κ1) is 12.7. The normalized spacial score (nSPS) is 12.4. The van der Waals surface area contributed by atoms with Crippen LogP contribution in [0.3, 0.4) is 0 Å². The summed E-state index contributed by atoms with van der Waals surface area (Å²) in [7, 11) is 0. The van der Waals surface area contributed by atoms with Crippen LogP contribution < -0.4 is 0 Å². The number of aromatic nitrogens is 1. The molecule has 0 amide bonds. The highest BCUT2D eigenvalue weighted by molar-refractivity contribution is 5.24. The SMILES string of the molecule is CCc1cccnc1C(O)Cc1ccc(F)cc1. The Kier molecular flexibility index (Phi) is 4.05. The van der Waals surface area contributed by atoms with Crippen LogP contribution in [0.5, 0.6) is 0 Å². The van der Waals surface area contributed by atoms with Gasteiger partial charge < -0.3 is 5.11 Å². The number of aliphatic hydroxyl groups excluding tert-OH is 1. The summed E-state index contributed by atoms with van der Waals surface area (Å²) < 4.78 is 12.8. The largest absolute Gasteiger partial charge is 0.386 e. The second-order valence-electron chi connectivity index (χ2n) is 4.25. The van der Waals surface area contributed by atoms with E-state index in [-0.39, 0.29) is 5.82 Å². The monoisotopic (exact) mass is 245 g/mol. The Morgan fingerprint density at radius 1 is 1.22 bits per heavy atom. The van der Waals surface area contributed by atoms with Crippen molar-refractivity contribution in [3.05, 3.63) is 65.2 Å². The van der Waals surface area contributed by atoms with Crippen molar-refractivity contribution in [1.29, 1.82) is 0 Å². The van der Waals surface area contributed by atoms with Gasteiger partial charge in [0.15, 0.2) is 0 Å². The zero-order valence-electron chi connectivity index (χ0n) is 10.3.